The second-order valence-corrected chi connectivity index (χ2v) is 8.44. The summed E-state index contributed by atoms with van der Waals surface area (Å²) in [7, 11) is 0. The van der Waals surface area contributed by atoms with Crippen LogP contribution in [0.5, 0.6) is 0 Å². The summed E-state index contributed by atoms with van der Waals surface area (Å²) in [4.78, 5) is 39.1. The first-order valence-electron chi connectivity index (χ1n) is 9.84. The monoisotopic (exact) mass is 424 g/mol. The maximum Gasteiger partial charge on any atom is 0.293 e. The zero-order valence-corrected chi connectivity index (χ0v) is 17.1. The summed E-state index contributed by atoms with van der Waals surface area (Å²) in [5.41, 5.74) is 1.13. The molecule has 0 spiro atoms. The number of halogens is 1. The molecule has 1 heterocycles. The highest BCUT2D eigenvalue weighted by Crippen LogP contribution is 2.43. The minimum atomic E-state index is -0.511. The van der Waals surface area contributed by atoms with Crippen LogP contribution in [-0.4, -0.2) is 35.0 Å². The van der Waals surface area contributed by atoms with E-state index in [1.807, 2.05) is 30.3 Å². The second kappa shape index (κ2) is 8.44. The predicted octanol–water partition coefficient (Wildman–Crippen LogP) is 4.10. The van der Waals surface area contributed by atoms with Crippen molar-refractivity contribution in [3.8, 4) is 0 Å². The van der Waals surface area contributed by atoms with Crippen LogP contribution < -0.4 is 5.32 Å². The molecule has 2 fully saturated rings. The Morgan fingerprint density at radius 3 is 2.43 bits per heavy atom. The minimum absolute atomic E-state index is 0.0613. The summed E-state index contributed by atoms with van der Waals surface area (Å²) in [6, 6.07) is 15.4. The van der Waals surface area contributed by atoms with E-state index in [0.717, 1.165) is 41.5 Å². The molecule has 0 radical (unpaired) electrons. The molecule has 0 bridgehead atoms. The molecule has 1 aliphatic heterocycles. The first-order valence-corrected chi connectivity index (χ1v) is 10.7. The van der Waals surface area contributed by atoms with E-state index in [2.05, 4.69) is 5.32 Å². The summed E-state index contributed by atoms with van der Waals surface area (Å²) in [6.45, 7) is 0.317. The summed E-state index contributed by atoms with van der Waals surface area (Å²) in [6.07, 6.45) is 4.16. The maximum atomic E-state index is 13.0. The van der Waals surface area contributed by atoms with Gasteiger partial charge in [0.25, 0.3) is 11.1 Å². The summed E-state index contributed by atoms with van der Waals surface area (Å²) in [5.74, 6) is -0.825. The molecule has 1 saturated heterocycles. The molecule has 2 aromatic rings. The van der Waals surface area contributed by atoms with Gasteiger partial charge in [-0.25, -0.2) is 4.39 Å². The predicted molar refractivity (Wildman–Crippen MR) is 114 cm³/mol. The van der Waals surface area contributed by atoms with Gasteiger partial charge in [-0.05, 0) is 53.9 Å². The molecule has 7 heteroatoms. The maximum absolute atomic E-state index is 13.0. The molecular formula is C23H21FN2O3S. The zero-order valence-electron chi connectivity index (χ0n) is 16.3. The summed E-state index contributed by atoms with van der Waals surface area (Å²) in [5, 5.41) is 2.54. The van der Waals surface area contributed by atoms with Gasteiger partial charge < -0.3 is 5.32 Å². The molecule has 1 saturated carbocycles. The lowest BCUT2D eigenvalue weighted by Gasteiger charge is -2.40. The van der Waals surface area contributed by atoms with Gasteiger partial charge in [0.1, 0.15) is 5.82 Å². The van der Waals surface area contributed by atoms with E-state index in [1.165, 1.54) is 12.1 Å². The molecule has 3 amide bonds. The van der Waals surface area contributed by atoms with Gasteiger partial charge in [-0.2, -0.15) is 0 Å². The van der Waals surface area contributed by atoms with Gasteiger partial charge in [0.2, 0.25) is 5.91 Å². The van der Waals surface area contributed by atoms with Crippen LogP contribution in [-0.2, 0) is 15.0 Å². The summed E-state index contributed by atoms with van der Waals surface area (Å²) >= 11 is 0.850. The fraction of sp³-hybridized carbons (Fsp3) is 0.261. The van der Waals surface area contributed by atoms with Crippen molar-refractivity contribution in [2.75, 3.05) is 13.1 Å². The fourth-order valence-corrected chi connectivity index (χ4v) is 4.65. The van der Waals surface area contributed by atoms with E-state index in [4.69, 9.17) is 0 Å². The molecule has 2 aromatic carbocycles. The average molecular weight is 424 g/mol. The highest BCUT2D eigenvalue weighted by molar-refractivity contribution is 8.18. The standard InChI is InChI=1S/C23H21FN2O3S/c24-18-9-7-16(8-10-18)15-19-20(27)26(22(29)30-19)14-13-25-21(28)23(11-4-12-23)17-5-2-1-3-6-17/h1-3,5-10,15H,4,11-14H2,(H,25,28)/b19-15-. The molecule has 154 valence electrons. The normalized spacial score (nSPS) is 19.1. The van der Waals surface area contributed by atoms with E-state index in [-0.39, 0.29) is 35.0 Å². The van der Waals surface area contributed by atoms with Gasteiger partial charge in [-0.15, -0.1) is 0 Å². The highest BCUT2D eigenvalue weighted by atomic mass is 32.2. The third-order valence-corrected chi connectivity index (χ3v) is 6.54. The molecule has 1 N–H and O–H groups in total. The van der Waals surface area contributed by atoms with Crippen LogP contribution >= 0.6 is 11.8 Å². The number of rotatable bonds is 6. The van der Waals surface area contributed by atoms with Crippen molar-refractivity contribution < 1.29 is 18.8 Å². The molecule has 30 heavy (non-hydrogen) atoms. The second-order valence-electron chi connectivity index (χ2n) is 7.44. The van der Waals surface area contributed by atoms with Crippen LogP contribution in [0.15, 0.2) is 59.5 Å². The van der Waals surface area contributed by atoms with Crippen molar-refractivity contribution >= 4 is 34.9 Å². The van der Waals surface area contributed by atoms with Crippen LogP contribution in [0, 0.1) is 5.82 Å². The van der Waals surface area contributed by atoms with Crippen LogP contribution in [0.1, 0.15) is 30.4 Å². The van der Waals surface area contributed by atoms with Crippen molar-refractivity contribution in [2.24, 2.45) is 0 Å². The zero-order chi connectivity index (χ0) is 21.1. The average Bonchev–Trinajstić information content (AvgIpc) is 2.97. The molecule has 0 unspecified atom stereocenters. The highest BCUT2D eigenvalue weighted by Gasteiger charge is 2.45. The number of thioether (sulfide) groups is 1. The van der Waals surface area contributed by atoms with Gasteiger partial charge in [0.05, 0.1) is 10.3 Å². The molecule has 5 nitrogen and oxygen atoms in total. The molecule has 0 aromatic heterocycles. The Labute approximate surface area is 178 Å². The molecule has 0 atom stereocenters. The van der Waals surface area contributed by atoms with Gasteiger partial charge in [0, 0.05) is 13.1 Å². The number of benzene rings is 2. The molecular weight excluding hydrogens is 403 g/mol. The Balaban J connectivity index is 1.37. The molecule has 4 rings (SSSR count). The third kappa shape index (κ3) is 3.89. The first kappa shape index (κ1) is 20.3. The van der Waals surface area contributed by atoms with Crippen molar-refractivity contribution in [2.45, 2.75) is 24.7 Å². The lowest BCUT2D eigenvalue weighted by Crippen LogP contribution is -2.50. The van der Waals surface area contributed by atoms with Crippen molar-refractivity contribution in [1.29, 1.82) is 0 Å². The topological polar surface area (TPSA) is 66.5 Å². The molecule has 2 aliphatic rings. The lowest BCUT2D eigenvalue weighted by molar-refractivity contribution is -0.130. The van der Waals surface area contributed by atoms with Gasteiger partial charge in [0.15, 0.2) is 0 Å². The van der Waals surface area contributed by atoms with E-state index in [0.29, 0.717) is 5.56 Å². The first-order chi connectivity index (χ1) is 14.5. The SMILES string of the molecule is O=C1S/C(=C\c2ccc(F)cc2)C(=O)N1CCNC(=O)C1(c2ccccc2)CCC1. The number of carbonyl (C=O) groups excluding carboxylic acids is 3. The number of nitrogens with zero attached hydrogens (tertiary/aromatic N) is 1. The Morgan fingerprint density at radius 1 is 1.10 bits per heavy atom. The Bertz CT molecular complexity index is 1000. The molecule has 1 aliphatic carbocycles. The van der Waals surface area contributed by atoms with Crippen molar-refractivity contribution in [1.82, 2.24) is 10.2 Å². The lowest BCUT2D eigenvalue weighted by atomic mass is 9.64. The van der Waals surface area contributed by atoms with Gasteiger partial charge in [-0.3, -0.25) is 19.3 Å². The van der Waals surface area contributed by atoms with Gasteiger partial charge in [-0.1, -0.05) is 48.9 Å². The van der Waals surface area contributed by atoms with E-state index >= 15 is 0 Å². The van der Waals surface area contributed by atoms with Crippen LogP contribution in [0.2, 0.25) is 0 Å². The number of amides is 3. The van der Waals surface area contributed by atoms with Crippen LogP contribution in [0.25, 0.3) is 6.08 Å². The smallest absolute Gasteiger partial charge is 0.293 e. The van der Waals surface area contributed by atoms with Crippen LogP contribution in [0.3, 0.4) is 0 Å². The van der Waals surface area contributed by atoms with E-state index in [9.17, 15) is 18.8 Å². The number of imide groups is 1. The fourth-order valence-electron chi connectivity index (χ4n) is 3.79. The Hall–Kier alpha value is -2.93. The van der Waals surface area contributed by atoms with Gasteiger partial charge >= 0.3 is 0 Å². The van der Waals surface area contributed by atoms with E-state index in [1.54, 1.807) is 18.2 Å². The largest absolute Gasteiger partial charge is 0.354 e. The summed E-state index contributed by atoms with van der Waals surface area (Å²) < 4.78 is 13.0. The number of hydrogen-bond acceptors (Lipinski definition) is 4. The quantitative estimate of drug-likeness (QED) is 0.709. The van der Waals surface area contributed by atoms with Crippen molar-refractivity contribution in [3.05, 3.63) is 76.4 Å². The van der Waals surface area contributed by atoms with E-state index < -0.39 is 11.3 Å². The Morgan fingerprint density at radius 2 is 1.80 bits per heavy atom. The van der Waals surface area contributed by atoms with Crippen molar-refractivity contribution in [3.63, 3.8) is 0 Å². The number of carbonyl (C=O) groups is 3. The Kier molecular flexibility index (Phi) is 5.72. The third-order valence-electron chi connectivity index (χ3n) is 5.63. The number of nitrogens with one attached hydrogen (secondary N) is 1. The minimum Gasteiger partial charge on any atom is -0.354 e. The van der Waals surface area contributed by atoms with Crippen LogP contribution in [0.4, 0.5) is 9.18 Å². The number of hydrogen-bond donors (Lipinski definition) is 1.